The highest BCUT2D eigenvalue weighted by Gasteiger charge is 2.23. The maximum absolute atomic E-state index is 10.2. The van der Waals surface area contributed by atoms with Crippen LogP contribution in [0.1, 0.15) is 13.8 Å². The van der Waals surface area contributed by atoms with Crippen LogP contribution in [0.15, 0.2) is 0 Å². The molecule has 11 heavy (non-hydrogen) atoms. The van der Waals surface area contributed by atoms with Crippen molar-refractivity contribution in [2.24, 2.45) is 0 Å². The molecule has 0 rings (SSSR count). The summed E-state index contributed by atoms with van der Waals surface area (Å²) in [6.45, 7) is 3.21. The van der Waals surface area contributed by atoms with Gasteiger partial charge in [0.25, 0.3) is 0 Å². The van der Waals surface area contributed by atoms with Gasteiger partial charge >= 0.3 is 7.82 Å². The van der Waals surface area contributed by atoms with Crippen molar-refractivity contribution in [3.05, 3.63) is 0 Å². The molecule has 5 nitrogen and oxygen atoms in total. The van der Waals surface area contributed by atoms with E-state index in [0.29, 0.717) is 0 Å². The van der Waals surface area contributed by atoms with E-state index >= 15 is 0 Å². The average molecular weight is 184 g/mol. The Bertz CT molecular complexity index is 160. The Kier molecular flexibility index (Phi) is 3.67. The van der Waals surface area contributed by atoms with E-state index in [1.165, 1.54) is 7.11 Å². The van der Waals surface area contributed by atoms with Gasteiger partial charge in [-0.15, -0.1) is 0 Å². The summed E-state index contributed by atoms with van der Waals surface area (Å²) in [4.78, 5) is 16.6. The summed E-state index contributed by atoms with van der Waals surface area (Å²) in [6.07, 6.45) is 0. The number of hydrogen-bond donors (Lipinski definition) is 2. The number of methoxy groups -OCH3 is 1. The number of ether oxygens (including phenoxy) is 1. The summed E-state index contributed by atoms with van der Waals surface area (Å²) in [5, 5.41) is 0. The van der Waals surface area contributed by atoms with Crippen LogP contribution in [0.5, 0.6) is 0 Å². The van der Waals surface area contributed by atoms with E-state index in [1.807, 2.05) is 0 Å². The van der Waals surface area contributed by atoms with E-state index < -0.39 is 13.4 Å². The Morgan fingerprint density at radius 3 is 2.18 bits per heavy atom. The maximum Gasteiger partial charge on any atom is 0.469 e. The number of phosphoric ester groups is 1. The zero-order chi connectivity index (χ0) is 9.12. The lowest BCUT2D eigenvalue weighted by Gasteiger charge is -2.22. The molecule has 0 heterocycles. The van der Waals surface area contributed by atoms with Crippen molar-refractivity contribution in [3.63, 3.8) is 0 Å². The van der Waals surface area contributed by atoms with Gasteiger partial charge in [-0.05, 0) is 13.8 Å². The molecule has 0 spiro atoms. The minimum Gasteiger partial charge on any atom is -0.376 e. The molecule has 0 radical (unpaired) electrons. The molecule has 68 valence electrons. The first kappa shape index (κ1) is 11.1. The van der Waals surface area contributed by atoms with Gasteiger partial charge in [-0.2, -0.15) is 0 Å². The molecule has 6 heteroatoms. The predicted molar refractivity (Wildman–Crippen MR) is 39.1 cm³/mol. The minimum absolute atomic E-state index is 0.131. The second-order valence-corrected chi connectivity index (χ2v) is 3.97. The van der Waals surface area contributed by atoms with Crippen LogP contribution in [0.3, 0.4) is 0 Å². The Hall–Kier alpha value is 0.0700. The summed E-state index contributed by atoms with van der Waals surface area (Å²) in [5.41, 5.74) is -0.666. The van der Waals surface area contributed by atoms with E-state index in [0.717, 1.165) is 0 Å². The monoisotopic (exact) mass is 184 g/mol. The molecule has 0 atom stereocenters. The fourth-order valence-electron chi connectivity index (χ4n) is 0.298. The first-order valence-electron chi connectivity index (χ1n) is 3.02. The number of phosphoric acid groups is 1. The molecular formula is C5H13O5P. The zero-order valence-electron chi connectivity index (χ0n) is 6.77. The molecule has 0 aromatic heterocycles. The van der Waals surface area contributed by atoms with Gasteiger partial charge in [0, 0.05) is 7.11 Å². The first-order chi connectivity index (χ1) is 4.77. The van der Waals surface area contributed by atoms with Crippen molar-refractivity contribution in [3.8, 4) is 0 Å². The van der Waals surface area contributed by atoms with Crippen LogP contribution in [0.4, 0.5) is 0 Å². The molecule has 0 aromatic carbocycles. The van der Waals surface area contributed by atoms with Crippen LogP contribution < -0.4 is 0 Å². The third-order valence-electron chi connectivity index (χ3n) is 1.13. The molecule has 0 fully saturated rings. The van der Waals surface area contributed by atoms with E-state index in [4.69, 9.17) is 14.5 Å². The van der Waals surface area contributed by atoms with Crippen molar-refractivity contribution in [2.75, 3.05) is 13.7 Å². The lowest BCUT2D eigenvalue weighted by molar-refractivity contribution is -0.0222. The van der Waals surface area contributed by atoms with Crippen LogP contribution in [0.2, 0.25) is 0 Å². The van der Waals surface area contributed by atoms with Gasteiger partial charge < -0.3 is 14.5 Å². The molecule has 0 unspecified atom stereocenters. The van der Waals surface area contributed by atoms with E-state index in [-0.39, 0.29) is 6.61 Å². The standard InChI is InChI=1S/C5H13O5P/c1-5(2,9-3)4-10-11(6,7)8/h4H2,1-3H3,(H2,6,7,8). The molecule has 0 amide bonds. The van der Waals surface area contributed by atoms with E-state index in [9.17, 15) is 4.57 Å². The molecule has 0 aromatic rings. The summed E-state index contributed by atoms with van der Waals surface area (Å²) < 4.78 is 19.3. The largest absolute Gasteiger partial charge is 0.469 e. The first-order valence-corrected chi connectivity index (χ1v) is 4.55. The highest BCUT2D eigenvalue weighted by Crippen LogP contribution is 2.36. The topological polar surface area (TPSA) is 76.0 Å². The summed E-state index contributed by atoms with van der Waals surface area (Å²) in [6, 6.07) is 0. The van der Waals surface area contributed by atoms with Crippen LogP contribution in [0.25, 0.3) is 0 Å². The molecule has 2 N–H and O–H groups in total. The van der Waals surface area contributed by atoms with Gasteiger partial charge in [0.2, 0.25) is 0 Å². The number of hydrogen-bond acceptors (Lipinski definition) is 3. The fraction of sp³-hybridized carbons (Fsp3) is 1.00. The lowest BCUT2D eigenvalue weighted by Crippen LogP contribution is -2.28. The van der Waals surface area contributed by atoms with Crippen molar-refractivity contribution >= 4 is 7.82 Å². The van der Waals surface area contributed by atoms with Gasteiger partial charge in [-0.3, -0.25) is 4.52 Å². The Balaban J connectivity index is 3.80. The second-order valence-electron chi connectivity index (χ2n) is 2.73. The van der Waals surface area contributed by atoms with E-state index in [1.54, 1.807) is 13.8 Å². The Labute approximate surface area is 65.6 Å². The molecule has 0 bridgehead atoms. The van der Waals surface area contributed by atoms with Gasteiger partial charge in [-0.1, -0.05) is 0 Å². The molecule has 0 aliphatic carbocycles. The average Bonchev–Trinajstić information content (AvgIpc) is 1.83. The Morgan fingerprint density at radius 1 is 1.45 bits per heavy atom. The van der Waals surface area contributed by atoms with Crippen LogP contribution in [-0.2, 0) is 13.8 Å². The summed E-state index contributed by atoms with van der Waals surface area (Å²) in [7, 11) is -2.91. The molecule has 0 aliphatic rings. The highest BCUT2D eigenvalue weighted by atomic mass is 31.2. The Morgan fingerprint density at radius 2 is 1.91 bits per heavy atom. The minimum atomic E-state index is -4.36. The normalized spacial score (nSPS) is 13.5. The second kappa shape index (κ2) is 3.65. The van der Waals surface area contributed by atoms with Crippen LogP contribution in [0, 0.1) is 0 Å². The predicted octanol–water partition coefficient (Wildman–Crippen LogP) is 0.521. The molecule has 0 saturated heterocycles. The van der Waals surface area contributed by atoms with Crippen molar-refractivity contribution in [1.82, 2.24) is 0 Å². The van der Waals surface area contributed by atoms with Gasteiger partial charge in [0.15, 0.2) is 0 Å². The highest BCUT2D eigenvalue weighted by molar-refractivity contribution is 7.46. The fourth-order valence-corrected chi connectivity index (χ4v) is 0.778. The lowest BCUT2D eigenvalue weighted by atomic mass is 10.2. The van der Waals surface area contributed by atoms with Crippen molar-refractivity contribution < 1.29 is 23.6 Å². The zero-order valence-corrected chi connectivity index (χ0v) is 7.67. The van der Waals surface area contributed by atoms with Gasteiger partial charge in [0.05, 0.1) is 12.2 Å². The third kappa shape index (κ3) is 6.47. The molecule has 0 aliphatic heterocycles. The maximum atomic E-state index is 10.2. The molecule has 0 saturated carbocycles. The van der Waals surface area contributed by atoms with Crippen molar-refractivity contribution in [2.45, 2.75) is 19.4 Å². The quantitative estimate of drug-likeness (QED) is 0.623. The number of rotatable bonds is 4. The molecular weight excluding hydrogens is 171 g/mol. The van der Waals surface area contributed by atoms with Gasteiger partial charge in [0.1, 0.15) is 0 Å². The van der Waals surface area contributed by atoms with E-state index in [2.05, 4.69) is 4.52 Å². The summed E-state index contributed by atoms with van der Waals surface area (Å²) in [5.74, 6) is 0. The van der Waals surface area contributed by atoms with Crippen LogP contribution in [-0.4, -0.2) is 29.1 Å². The third-order valence-corrected chi connectivity index (χ3v) is 1.60. The van der Waals surface area contributed by atoms with Gasteiger partial charge in [-0.25, -0.2) is 4.57 Å². The van der Waals surface area contributed by atoms with Crippen molar-refractivity contribution in [1.29, 1.82) is 0 Å². The summed E-state index contributed by atoms with van der Waals surface area (Å²) >= 11 is 0. The van der Waals surface area contributed by atoms with Crippen LogP contribution >= 0.6 is 7.82 Å². The smallest absolute Gasteiger partial charge is 0.376 e. The SMILES string of the molecule is COC(C)(C)COP(=O)(O)O.